The van der Waals surface area contributed by atoms with Gasteiger partial charge >= 0.3 is 5.97 Å². The molecule has 3 nitrogen and oxygen atoms in total. The van der Waals surface area contributed by atoms with Gasteiger partial charge in [-0.25, -0.2) is 4.79 Å². The van der Waals surface area contributed by atoms with E-state index < -0.39 is 11.8 Å². The highest BCUT2D eigenvalue weighted by Crippen LogP contribution is 2.42. The lowest BCUT2D eigenvalue weighted by Gasteiger charge is -2.42. The van der Waals surface area contributed by atoms with Gasteiger partial charge in [-0.05, 0) is 41.7 Å². The number of esters is 1. The molecule has 0 aromatic heterocycles. The summed E-state index contributed by atoms with van der Waals surface area (Å²) in [7, 11) is 0. The monoisotopic (exact) mass is 392 g/mol. The van der Waals surface area contributed by atoms with Crippen LogP contribution in [0.5, 0.6) is 0 Å². The van der Waals surface area contributed by atoms with Crippen molar-refractivity contribution in [2.45, 2.75) is 70.8 Å². The molecule has 1 fully saturated rings. The van der Waals surface area contributed by atoms with Gasteiger partial charge in [-0.1, -0.05) is 88.7 Å². The smallest absolute Gasteiger partial charge is 0.379 e. The molecule has 29 heavy (non-hydrogen) atoms. The van der Waals surface area contributed by atoms with E-state index in [9.17, 15) is 9.59 Å². The third-order valence-electron chi connectivity index (χ3n) is 6.43. The molecule has 0 aliphatic heterocycles. The Bertz CT molecular complexity index is 834. The Labute approximate surface area is 174 Å². The molecule has 1 aliphatic rings. The normalized spacial score (nSPS) is 19.8. The number of carbonyl (C=O) groups is 2. The van der Waals surface area contributed by atoms with Gasteiger partial charge in [-0.15, -0.1) is 0 Å². The van der Waals surface area contributed by atoms with E-state index in [2.05, 4.69) is 52.0 Å². The summed E-state index contributed by atoms with van der Waals surface area (Å²) in [5.41, 5.74) is 2.82. The zero-order valence-electron chi connectivity index (χ0n) is 18.0. The summed E-state index contributed by atoms with van der Waals surface area (Å²) in [4.78, 5) is 25.0. The van der Waals surface area contributed by atoms with Crippen molar-refractivity contribution in [2.24, 2.45) is 5.92 Å². The highest BCUT2D eigenvalue weighted by Gasteiger charge is 2.41. The molecule has 2 aromatic rings. The molecule has 0 N–H and O–H groups in total. The topological polar surface area (TPSA) is 43.4 Å². The molecular weight excluding hydrogens is 360 g/mol. The third-order valence-corrected chi connectivity index (χ3v) is 6.43. The third kappa shape index (κ3) is 4.77. The number of hydrogen-bond acceptors (Lipinski definition) is 3. The van der Waals surface area contributed by atoms with Gasteiger partial charge in [0.15, 0.2) is 0 Å². The lowest BCUT2D eigenvalue weighted by molar-refractivity contribution is -0.149. The number of Topliss-reactive ketones (excluding diaryl/α,β-unsaturated/α-hetero) is 1. The van der Waals surface area contributed by atoms with Gasteiger partial charge in [-0.3, -0.25) is 4.79 Å². The van der Waals surface area contributed by atoms with Gasteiger partial charge in [0.05, 0.1) is 0 Å². The van der Waals surface area contributed by atoms with Crippen molar-refractivity contribution in [3.8, 4) is 0 Å². The molecule has 154 valence electrons. The van der Waals surface area contributed by atoms with E-state index in [1.54, 1.807) is 24.3 Å². The predicted octanol–water partition coefficient (Wildman–Crippen LogP) is 6.07. The van der Waals surface area contributed by atoms with E-state index in [0.29, 0.717) is 11.5 Å². The minimum atomic E-state index is -0.737. The fourth-order valence-electron chi connectivity index (χ4n) is 4.47. The number of rotatable bonds is 6. The number of ether oxygens (including phenoxy) is 1. The van der Waals surface area contributed by atoms with Gasteiger partial charge < -0.3 is 4.74 Å². The van der Waals surface area contributed by atoms with E-state index >= 15 is 0 Å². The predicted molar refractivity (Wildman–Crippen MR) is 116 cm³/mol. The van der Waals surface area contributed by atoms with Crippen LogP contribution < -0.4 is 0 Å². The highest BCUT2D eigenvalue weighted by molar-refractivity contribution is 6.40. The van der Waals surface area contributed by atoms with Crippen LogP contribution in [0.2, 0.25) is 0 Å². The van der Waals surface area contributed by atoms with Gasteiger partial charge in [-0.2, -0.15) is 0 Å². The van der Waals surface area contributed by atoms with Crippen LogP contribution in [0.4, 0.5) is 0 Å². The van der Waals surface area contributed by atoms with Crippen LogP contribution in [0.15, 0.2) is 54.6 Å². The summed E-state index contributed by atoms with van der Waals surface area (Å²) >= 11 is 0. The van der Waals surface area contributed by atoms with E-state index in [4.69, 9.17) is 4.74 Å². The summed E-state index contributed by atoms with van der Waals surface area (Å²) in [5.74, 6) is -0.610. The van der Waals surface area contributed by atoms with Crippen LogP contribution in [0.3, 0.4) is 0 Å². The Kier molecular flexibility index (Phi) is 6.56. The molecule has 0 saturated heterocycles. The Morgan fingerprint density at radius 1 is 0.931 bits per heavy atom. The van der Waals surface area contributed by atoms with Crippen molar-refractivity contribution < 1.29 is 14.3 Å². The molecule has 2 aromatic carbocycles. The molecule has 2 atom stereocenters. The molecule has 3 rings (SSSR count). The molecule has 3 heteroatoms. The first-order valence-corrected chi connectivity index (χ1v) is 10.7. The zero-order valence-corrected chi connectivity index (χ0v) is 18.0. The summed E-state index contributed by atoms with van der Waals surface area (Å²) in [6.07, 6.45) is 3.72. The average Bonchev–Trinajstić information content (AvgIpc) is 2.74. The van der Waals surface area contributed by atoms with Crippen LogP contribution >= 0.6 is 0 Å². The lowest BCUT2D eigenvalue weighted by atomic mass is 9.66. The van der Waals surface area contributed by atoms with E-state index in [1.807, 2.05) is 6.07 Å². The summed E-state index contributed by atoms with van der Waals surface area (Å²) in [5, 5.41) is 0. The molecule has 1 saturated carbocycles. The van der Waals surface area contributed by atoms with Gasteiger partial charge in [0.2, 0.25) is 0 Å². The summed E-state index contributed by atoms with van der Waals surface area (Å²) in [6.45, 7) is 8.85. The first kappa shape index (κ1) is 21.3. The van der Waals surface area contributed by atoms with E-state index in [1.165, 1.54) is 11.1 Å². The molecule has 0 unspecified atom stereocenters. The fraction of sp³-hybridized carbons (Fsp3) is 0.462. The molecular formula is C26H32O3. The molecule has 1 aliphatic carbocycles. The Balaban J connectivity index is 1.77. The van der Waals surface area contributed by atoms with Gasteiger partial charge in [0.1, 0.15) is 6.10 Å². The van der Waals surface area contributed by atoms with Crippen LogP contribution in [-0.4, -0.2) is 17.9 Å². The van der Waals surface area contributed by atoms with E-state index in [-0.39, 0.29) is 17.4 Å². The van der Waals surface area contributed by atoms with Crippen molar-refractivity contribution in [3.63, 3.8) is 0 Å². The second kappa shape index (κ2) is 8.94. The second-order valence-electron chi connectivity index (χ2n) is 9.03. The van der Waals surface area contributed by atoms with E-state index in [0.717, 1.165) is 25.7 Å². The fourth-order valence-corrected chi connectivity index (χ4v) is 4.47. The number of carbonyl (C=O) groups excluding carboxylic acids is 2. The van der Waals surface area contributed by atoms with Crippen LogP contribution in [0, 0.1) is 5.92 Å². The number of hydrogen-bond donors (Lipinski definition) is 0. The lowest BCUT2D eigenvalue weighted by Crippen LogP contribution is -2.42. The Hall–Kier alpha value is -2.42. The van der Waals surface area contributed by atoms with Gasteiger partial charge in [0, 0.05) is 11.5 Å². The van der Waals surface area contributed by atoms with Crippen molar-refractivity contribution >= 4 is 11.8 Å². The molecule has 0 heterocycles. The standard InChI is InChI=1S/C26H32O3/c1-18(2)19-14-16-21(17-15-19)26(3,4)22-12-8-9-13-23(22)29-25(28)24(27)20-10-6-5-7-11-20/h5-7,10-11,14-18,22-23H,8-9,12-13H2,1-4H3/t22-,23-/m0/s1. The average molecular weight is 393 g/mol. The van der Waals surface area contributed by atoms with Gasteiger partial charge in [0.25, 0.3) is 5.78 Å². The second-order valence-corrected chi connectivity index (χ2v) is 9.03. The van der Waals surface area contributed by atoms with Crippen LogP contribution in [0.25, 0.3) is 0 Å². The maximum Gasteiger partial charge on any atom is 0.379 e. The largest absolute Gasteiger partial charge is 0.456 e. The highest BCUT2D eigenvalue weighted by atomic mass is 16.5. The van der Waals surface area contributed by atoms with Crippen molar-refractivity contribution in [1.82, 2.24) is 0 Å². The first-order chi connectivity index (χ1) is 13.8. The van der Waals surface area contributed by atoms with Crippen molar-refractivity contribution in [3.05, 3.63) is 71.3 Å². The molecule has 0 bridgehead atoms. The van der Waals surface area contributed by atoms with Crippen molar-refractivity contribution in [1.29, 1.82) is 0 Å². The SMILES string of the molecule is CC(C)c1ccc(C(C)(C)[C@H]2CCCC[C@@H]2OC(=O)C(=O)c2ccccc2)cc1. The molecule has 0 amide bonds. The minimum absolute atomic E-state index is 0.142. The summed E-state index contributed by atoms with van der Waals surface area (Å²) in [6, 6.07) is 17.5. The Morgan fingerprint density at radius 2 is 1.55 bits per heavy atom. The Morgan fingerprint density at radius 3 is 2.17 bits per heavy atom. The van der Waals surface area contributed by atoms with Crippen LogP contribution in [0.1, 0.15) is 80.8 Å². The first-order valence-electron chi connectivity index (χ1n) is 10.7. The quantitative estimate of drug-likeness (QED) is 0.340. The molecule has 0 radical (unpaired) electrons. The van der Waals surface area contributed by atoms with Crippen molar-refractivity contribution in [2.75, 3.05) is 0 Å². The molecule has 0 spiro atoms. The maximum atomic E-state index is 12.6. The van der Waals surface area contributed by atoms with Crippen LogP contribution in [-0.2, 0) is 14.9 Å². The summed E-state index contributed by atoms with van der Waals surface area (Å²) < 4.78 is 5.80. The number of benzene rings is 2. The maximum absolute atomic E-state index is 12.6. The number of ketones is 1. The zero-order chi connectivity index (χ0) is 21.0. The minimum Gasteiger partial charge on any atom is -0.456 e.